The molecule has 178 valence electrons. The molecular formula is C24H34N6O2S. The minimum atomic E-state index is -0.130. The lowest BCUT2D eigenvalue weighted by Gasteiger charge is -2.38. The summed E-state index contributed by atoms with van der Waals surface area (Å²) in [5, 5.41) is 10.5. The maximum absolute atomic E-state index is 12.9. The third-order valence-corrected chi connectivity index (χ3v) is 7.55. The van der Waals surface area contributed by atoms with Crippen molar-refractivity contribution in [2.45, 2.75) is 56.3 Å². The van der Waals surface area contributed by atoms with Gasteiger partial charge in [0.05, 0.1) is 6.04 Å². The zero-order valence-electron chi connectivity index (χ0n) is 19.0. The van der Waals surface area contributed by atoms with Gasteiger partial charge in [0, 0.05) is 69.5 Å². The van der Waals surface area contributed by atoms with Crippen molar-refractivity contribution in [1.82, 2.24) is 25.8 Å². The molecule has 3 saturated heterocycles. The predicted molar refractivity (Wildman–Crippen MR) is 132 cm³/mol. The summed E-state index contributed by atoms with van der Waals surface area (Å²) in [4.78, 5) is 32.0. The molecule has 9 heteroatoms. The van der Waals surface area contributed by atoms with E-state index in [1.807, 2.05) is 11.0 Å². The molecule has 2 amide bonds. The number of hydrogen-bond donors (Lipinski definition) is 3. The Balaban J connectivity index is 1.09. The normalized spacial score (nSPS) is 27.6. The van der Waals surface area contributed by atoms with Gasteiger partial charge in [0.1, 0.15) is 0 Å². The Hall–Kier alpha value is -2.39. The number of para-hydroxylation sites is 1. The molecule has 0 spiro atoms. The highest BCUT2D eigenvalue weighted by Crippen LogP contribution is 2.26. The maximum atomic E-state index is 12.9. The molecule has 1 aliphatic carbocycles. The highest BCUT2D eigenvalue weighted by atomic mass is 32.1. The van der Waals surface area contributed by atoms with E-state index in [4.69, 9.17) is 12.2 Å². The molecule has 3 atom stereocenters. The first kappa shape index (κ1) is 22.4. The molecular weight excluding hydrogens is 436 g/mol. The smallest absolute Gasteiger partial charge is 0.237 e. The number of thiocarbonyl (C=S) groups is 1. The number of hydrogen-bond acceptors (Lipinski definition) is 5. The van der Waals surface area contributed by atoms with E-state index in [0.29, 0.717) is 24.1 Å². The van der Waals surface area contributed by atoms with Crippen LogP contribution >= 0.6 is 12.2 Å². The van der Waals surface area contributed by atoms with Crippen LogP contribution in [0.3, 0.4) is 0 Å². The van der Waals surface area contributed by atoms with Gasteiger partial charge in [-0.3, -0.25) is 14.5 Å². The Morgan fingerprint density at radius 3 is 2.52 bits per heavy atom. The van der Waals surface area contributed by atoms with Crippen molar-refractivity contribution >= 4 is 34.8 Å². The van der Waals surface area contributed by atoms with Gasteiger partial charge >= 0.3 is 0 Å². The van der Waals surface area contributed by atoms with Crippen LogP contribution in [-0.2, 0) is 9.59 Å². The van der Waals surface area contributed by atoms with Gasteiger partial charge in [0.25, 0.3) is 0 Å². The molecule has 3 aliphatic heterocycles. The fourth-order valence-electron chi connectivity index (χ4n) is 5.29. The quantitative estimate of drug-likeness (QED) is 0.528. The fraction of sp³-hybridized carbons (Fsp3) is 0.625. The van der Waals surface area contributed by atoms with Crippen molar-refractivity contribution in [2.24, 2.45) is 0 Å². The van der Waals surface area contributed by atoms with Crippen LogP contribution in [0.2, 0.25) is 0 Å². The molecule has 1 saturated carbocycles. The summed E-state index contributed by atoms with van der Waals surface area (Å²) < 4.78 is 0. The molecule has 1 aromatic carbocycles. The van der Waals surface area contributed by atoms with Gasteiger partial charge in [-0.1, -0.05) is 18.2 Å². The Bertz CT molecular complexity index is 871. The van der Waals surface area contributed by atoms with E-state index in [1.54, 1.807) is 0 Å². The van der Waals surface area contributed by atoms with Crippen molar-refractivity contribution in [3.8, 4) is 0 Å². The van der Waals surface area contributed by atoms with Crippen molar-refractivity contribution < 1.29 is 9.59 Å². The number of anilines is 1. The molecule has 5 rings (SSSR count). The highest BCUT2D eigenvalue weighted by Gasteiger charge is 2.43. The zero-order chi connectivity index (χ0) is 22.8. The van der Waals surface area contributed by atoms with Crippen LogP contribution in [-0.4, -0.2) is 90.2 Å². The van der Waals surface area contributed by atoms with Crippen molar-refractivity contribution in [3.05, 3.63) is 30.3 Å². The first-order chi connectivity index (χ1) is 16.1. The minimum absolute atomic E-state index is 0.0972. The second-order valence-corrected chi connectivity index (χ2v) is 10.1. The van der Waals surface area contributed by atoms with Crippen LogP contribution < -0.4 is 20.9 Å². The Morgan fingerprint density at radius 2 is 1.79 bits per heavy atom. The van der Waals surface area contributed by atoms with Crippen molar-refractivity contribution in [3.63, 3.8) is 0 Å². The molecule has 8 nitrogen and oxygen atoms in total. The van der Waals surface area contributed by atoms with E-state index >= 15 is 0 Å². The van der Waals surface area contributed by atoms with Crippen LogP contribution in [0.15, 0.2) is 30.3 Å². The van der Waals surface area contributed by atoms with Gasteiger partial charge in [0.15, 0.2) is 5.11 Å². The van der Waals surface area contributed by atoms with Crippen LogP contribution in [0, 0.1) is 0 Å². The molecule has 3 heterocycles. The summed E-state index contributed by atoms with van der Waals surface area (Å²) in [7, 11) is 0. The highest BCUT2D eigenvalue weighted by molar-refractivity contribution is 7.80. The monoisotopic (exact) mass is 470 g/mol. The number of benzene rings is 1. The van der Waals surface area contributed by atoms with Crippen LogP contribution in [0.1, 0.15) is 32.1 Å². The second kappa shape index (κ2) is 9.85. The minimum Gasteiger partial charge on any atom is -0.368 e. The molecule has 4 aliphatic rings. The summed E-state index contributed by atoms with van der Waals surface area (Å²) in [6.45, 7) is 4.66. The predicted octanol–water partition coefficient (Wildman–Crippen LogP) is 0.683. The third kappa shape index (κ3) is 5.41. The fourth-order valence-corrected chi connectivity index (χ4v) is 5.62. The molecule has 0 aromatic heterocycles. The molecule has 4 fully saturated rings. The average molecular weight is 471 g/mol. The van der Waals surface area contributed by atoms with Gasteiger partial charge in [0.2, 0.25) is 11.8 Å². The van der Waals surface area contributed by atoms with Gasteiger partial charge < -0.3 is 25.8 Å². The molecule has 1 aromatic rings. The summed E-state index contributed by atoms with van der Waals surface area (Å²) in [5.41, 5.74) is 1.22. The summed E-state index contributed by atoms with van der Waals surface area (Å²) in [5.74, 6) is 0.319. The first-order valence-corrected chi connectivity index (χ1v) is 12.7. The molecule has 0 radical (unpaired) electrons. The van der Waals surface area contributed by atoms with E-state index in [2.05, 4.69) is 50.0 Å². The number of fused-ring (bicyclic) bond motifs is 1. The van der Waals surface area contributed by atoms with Gasteiger partial charge in [-0.2, -0.15) is 0 Å². The lowest BCUT2D eigenvalue weighted by Crippen LogP contribution is -2.58. The van der Waals surface area contributed by atoms with Gasteiger partial charge in [-0.25, -0.2) is 0 Å². The van der Waals surface area contributed by atoms with Crippen LogP contribution in [0.5, 0.6) is 0 Å². The Morgan fingerprint density at radius 1 is 1.06 bits per heavy atom. The number of piperazine rings is 2. The number of carbonyl (C=O) groups is 2. The second-order valence-electron chi connectivity index (χ2n) is 9.68. The molecule has 0 bridgehead atoms. The van der Waals surface area contributed by atoms with E-state index in [1.165, 1.54) is 18.5 Å². The largest absolute Gasteiger partial charge is 0.368 e. The molecule has 0 unspecified atom stereocenters. The van der Waals surface area contributed by atoms with Gasteiger partial charge in [-0.05, 0) is 50.0 Å². The number of nitrogens with one attached hydrogen (secondary N) is 3. The summed E-state index contributed by atoms with van der Waals surface area (Å²) in [6.07, 6.45) is 4.41. The first-order valence-electron chi connectivity index (χ1n) is 12.2. The van der Waals surface area contributed by atoms with Crippen molar-refractivity contribution in [2.75, 3.05) is 44.2 Å². The topological polar surface area (TPSA) is 80.0 Å². The average Bonchev–Trinajstić information content (AvgIpc) is 3.54. The lowest BCUT2D eigenvalue weighted by atomic mass is 10.0. The van der Waals surface area contributed by atoms with E-state index in [0.717, 1.165) is 45.6 Å². The number of rotatable bonds is 6. The number of amides is 2. The van der Waals surface area contributed by atoms with Crippen LogP contribution in [0.4, 0.5) is 5.69 Å². The van der Waals surface area contributed by atoms with E-state index in [-0.39, 0.29) is 29.9 Å². The number of nitrogens with zero attached hydrogens (tertiary/aromatic N) is 3. The Kier molecular flexibility index (Phi) is 6.69. The molecule has 3 N–H and O–H groups in total. The lowest BCUT2D eigenvalue weighted by molar-refractivity contribution is -0.132. The van der Waals surface area contributed by atoms with E-state index in [9.17, 15) is 9.59 Å². The van der Waals surface area contributed by atoms with E-state index < -0.39 is 0 Å². The van der Waals surface area contributed by atoms with Crippen LogP contribution in [0.25, 0.3) is 0 Å². The maximum Gasteiger partial charge on any atom is 0.237 e. The Labute approximate surface area is 201 Å². The molecule has 33 heavy (non-hydrogen) atoms. The number of carbonyl (C=O) groups excluding carboxylic acids is 2. The standard InChI is InChI=1S/C24H34N6O2S/c31-22(29-12-10-28(11-13-29)19-4-2-1-3-5-19)9-8-20-15-25-23(32)21-14-18(16-30(20)21)27-24(33)26-17-6-7-17/h1-5,17-18,20-21H,6-16H2,(H,25,32)(H2,26,27,33)/t18-,20+,21-/m0/s1. The SMILES string of the molecule is O=C1NC[C@@H](CCC(=O)N2CCN(c3ccccc3)CC2)N2C[C@@H](NC(=S)NC3CC3)C[C@@H]12. The summed E-state index contributed by atoms with van der Waals surface area (Å²) in [6, 6.07) is 11.1. The van der Waals surface area contributed by atoms with Crippen molar-refractivity contribution in [1.29, 1.82) is 0 Å². The van der Waals surface area contributed by atoms with Gasteiger partial charge in [-0.15, -0.1) is 0 Å². The zero-order valence-corrected chi connectivity index (χ0v) is 19.9. The summed E-state index contributed by atoms with van der Waals surface area (Å²) >= 11 is 5.43. The third-order valence-electron chi connectivity index (χ3n) is 7.32.